The minimum absolute atomic E-state index is 0.312. The summed E-state index contributed by atoms with van der Waals surface area (Å²) in [5.74, 6) is 0. The zero-order chi connectivity index (χ0) is 13.8. The fourth-order valence-electron chi connectivity index (χ4n) is 1.54. The lowest BCUT2D eigenvalue weighted by Gasteiger charge is -2.08. The van der Waals surface area contributed by atoms with E-state index in [2.05, 4.69) is 9.82 Å². The smallest absolute Gasteiger partial charge is 0.227 e. The van der Waals surface area contributed by atoms with Crippen LogP contribution in [0, 0.1) is 25.2 Å². The molecule has 0 amide bonds. The van der Waals surface area contributed by atoms with Crippen molar-refractivity contribution in [3.05, 3.63) is 17.5 Å². The van der Waals surface area contributed by atoms with Crippen LogP contribution in [-0.4, -0.2) is 30.0 Å². The fourth-order valence-corrected chi connectivity index (χ4v) is 2.36. The molecule has 0 fully saturated rings. The first kappa shape index (κ1) is 14.7. The predicted molar refractivity (Wildman–Crippen MR) is 68.3 cm³/mol. The Bertz CT molecular complexity index is 542. The van der Waals surface area contributed by atoms with Crippen LogP contribution in [0.2, 0.25) is 0 Å². The number of nitrogens with zero attached hydrogens (tertiary/aromatic N) is 3. The van der Waals surface area contributed by atoms with E-state index in [9.17, 15) is 8.42 Å². The number of aryl methyl sites for hydroxylation is 3. The molecule has 100 valence electrons. The molecule has 1 N–H and O–H groups in total. The zero-order valence-corrected chi connectivity index (χ0v) is 11.7. The van der Waals surface area contributed by atoms with Gasteiger partial charge in [0.15, 0.2) is 5.25 Å². The van der Waals surface area contributed by atoms with Crippen molar-refractivity contribution < 1.29 is 8.42 Å². The molecule has 0 aliphatic carbocycles. The van der Waals surface area contributed by atoms with E-state index in [0.717, 1.165) is 11.4 Å². The predicted octanol–water partition coefficient (Wildman–Crippen LogP) is 0.722. The highest BCUT2D eigenvalue weighted by Crippen LogP contribution is 2.02. The molecule has 6 nitrogen and oxygen atoms in total. The van der Waals surface area contributed by atoms with Gasteiger partial charge in [0, 0.05) is 18.8 Å². The van der Waals surface area contributed by atoms with Gasteiger partial charge in [-0.1, -0.05) is 0 Å². The first-order valence-electron chi connectivity index (χ1n) is 5.76. The topological polar surface area (TPSA) is 87.8 Å². The van der Waals surface area contributed by atoms with E-state index in [4.69, 9.17) is 5.26 Å². The molecule has 0 spiro atoms. The zero-order valence-electron chi connectivity index (χ0n) is 10.8. The van der Waals surface area contributed by atoms with Crippen LogP contribution in [0.1, 0.15) is 24.7 Å². The Labute approximate surface area is 108 Å². The minimum atomic E-state index is -3.51. The third kappa shape index (κ3) is 3.82. The van der Waals surface area contributed by atoms with Gasteiger partial charge in [-0.2, -0.15) is 10.4 Å². The summed E-state index contributed by atoms with van der Waals surface area (Å²) in [5.41, 5.74) is 2.01. The average molecular weight is 270 g/mol. The number of nitrogens with one attached hydrogen (secondary N) is 1. The summed E-state index contributed by atoms with van der Waals surface area (Å²) in [6, 6.07) is 3.68. The van der Waals surface area contributed by atoms with Gasteiger partial charge in [-0.05, 0) is 33.3 Å². The van der Waals surface area contributed by atoms with Crippen molar-refractivity contribution in [2.24, 2.45) is 0 Å². The lowest BCUT2D eigenvalue weighted by Crippen LogP contribution is -2.32. The Morgan fingerprint density at radius 1 is 1.56 bits per heavy atom. The Morgan fingerprint density at radius 2 is 2.22 bits per heavy atom. The maximum absolute atomic E-state index is 11.5. The van der Waals surface area contributed by atoms with E-state index in [1.54, 1.807) is 6.07 Å². The van der Waals surface area contributed by atoms with Gasteiger partial charge in [0.1, 0.15) is 0 Å². The van der Waals surface area contributed by atoms with Gasteiger partial charge in [-0.25, -0.2) is 13.1 Å². The highest BCUT2D eigenvalue weighted by Gasteiger charge is 2.18. The van der Waals surface area contributed by atoms with Crippen molar-refractivity contribution >= 4 is 10.0 Å². The Balaban J connectivity index is 2.41. The van der Waals surface area contributed by atoms with Gasteiger partial charge in [-0.15, -0.1) is 0 Å². The van der Waals surface area contributed by atoms with Gasteiger partial charge in [0.25, 0.3) is 0 Å². The molecule has 0 saturated heterocycles. The molecule has 1 aromatic rings. The summed E-state index contributed by atoms with van der Waals surface area (Å²) in [5, 5.41) is 11.8. The van der Waals surface area contributed by atoms with E-state index >= 15 is 0 Å². The monoisotopic (exact) mass is 270 g/mol. The summed E-state index contributed by atoms with van der Waals surface area (Å²) in [4.78, 5) is 0. The molecule has 1 aromatic heterocycles. The summed E-state index contributed by atoms with van der Waals surface area (Å²) < 4.78 is 27.2. The lowest BCUT2D eigenvalue weighted by molar-refractivity contribution is 0.542. The number of hydrogen-bond donors (Lipinski definition) is 1. The largest absolute Gasteiger partial charge is 0.270 e. The van der Waals surface area contributed by atoms with Crippen molar-refractivity contribution in [2.45, 2.75) is 39.0 Å². The molecule has 18 heavy (non-hydrogen) atoms. The Kier molecular flexibility index (Phi) is 4.87. The average Bonchev–Trinajstić information content (AvgIpc) is 2.62. The molecule has 0 aliphatic rings. The molecular weight excluding hydrogens is 252 g/mol. The number of aromatic nitrogens is 2. The lowest BCUT2D eigenvalue weighted by atomic mass is 10.4. The van der Waals surface area contributed by atoms with Crippen LogP contribution >= 0.6 is 0 Å². The molecule has 1 atom stereocenters. The van der Waals surface area contributed by atoms with Crippen LogP contribution in [0.15, 0.2) is 6.07 Å². The molecule has 0 radical (unpaired) electrons. The van der Waals surface area contributed by atoms with Crippen molar-refractivity contribution in [1.82, 2.24) is 14.5 Å². The van der Waals surface area contributed by atoms with Crippen LogP contribution in [0.25, 0.3) is 0 Å². The summed E-state index contributed by atoms with van der Waals surface area (Å²) >= 11 is 0. The number of rotatable bonds is 6. The highest BCUT2D eigenvalue weighted by molar-refractivity contribution is 7.90. The molecule has 0 bridgehead atoms. The Morgan fingerprint density at radius 3 is 2.72 bits per heavy atom. The van der Waals surface area contributed by atoms with E-state index in [-0.39, 0.29) is 0 Å². The summed E-state index contributed by atoms with van der Waals surface area (Å²) in [6.45, 7) is 6.21. The molecule has 1 heterocycles. The normalized spacial score (nSPS) is 13.2. The minimum Gasteiger partial charge on any atom is -0.270 e. The fraction of sp³-hybridized carbons (Fsp3) is 0.636. The quantitative estimate of drug-likeness (QED) is 0.772. The third-order valence-corrected chi connectivity index (χ3v) is 4.24. The van der Waals surface area contributed by atoms with Gasteiger partial charge in [-0.3, -0.25) is 4.68 Å². The standard InChI is InChI=1S/C11H18N4O2S/c1-9-7-10(2)15(14-9)6-4-5-13-18(16,17)11(3)8-12/h7,11,13H,4-6H2,1-3H3. The molecule has 0 aliphatic heterocycles. The van der Waals surface area contributed by atoms with Crippen LogP contribution in [0.4, 0.5) is 0 Å². The van der Waals surface area contributed by atoms with Crippen LogP contribution < -0.4 is 4.72 Å². The van der Waals surface area contributed by atoms with E-state index in [0.29, 0.717) is 19.5 Å². The molecule has 0 aromatic carbocycles. The van der Waals surface area contributed by atoms with E-state index in [1.807, 2.05) is 24.6 Å². The highest BCUT2D eigenvalue weighted by atomic mass is 32.2. The third-order valence-electron chi connectivity index (χ3n) is 2.60. The first-order chi connectivity index (χ1) is 8.36. The maximum atomic E-state index is 11.5. The number of nitriles is 1. The Hall–Kier alpha value is -1.39. The van der Waals surface area contributed by atoms with Gasteiger partial charge in [0.2, 0.25) is 10.0 Å². The second-order valence-corrected chi connectivity index (χ2v) is 6.30. The molecular formula is C11H18N4O2S. The summed E-state index contributed by atoms with van der Waals surface area (Å²) in [6.07, 6.45) is 0.638. The van der Waals surface area contributed by atoms with Crippen molar-refractivity contribution in [2.75, 3.05) is 6.54 Å². The van der Waals surface area contributed by atoms with Gasteiger partial charge < -0.3 is 0 Å². The van der Waals surface area contributed by atoms with Gasteiger partial charge >= 0.3 is 0 Å². The second kappa shape index (κ2) is 5.98. The van der Waals surface area contributed by atoms with Crippen molar-refractivity contribution in [3.63, 3.8) is 0 Å². The molecule has 1 rings (SSSR count). The van der Waals surface area contributed by atoms with Crippen molar-refractivity contribution in [1.29, 1.82) is 5.26 Å². The summed E-state index contributed by atoms with van der Waals surface area (Å²) in [7, 11) is -3.51. The molecule has 1 unspecified atom stereocenters. The van der Waals surface area contributed by atoms with Crippen LogP contribution in [0.5, 0.6) is 0 Å². The molecule has 7 heteroatoms. The maximum Gasteiger partial charge on any atom is 0.227 e. The van der Waals surface area contributed by atoms with Crippen LogP contribution in [-0.2, 0) is 16.6 Å². The van der Waals surface area contributed by atoms with Crippen molar-refractivity contribution in [3.8, 4) is 6.07 Å². The van der Waals surface area contributed by atoms with Gasteiger partial charge in [0.05, 0.1) is 11.8 Å². The number of sulfonamides is 1. The number of hydrogen-bond acceptors (Lipinski definition) is 4. The van der Waals surface area contributed by atoms with E-state index in [1.165, 1.54) is 6.92 Å². The van der Waals surface area contributed by atoms with Crippen LogP contribution in [0.3, 0.4) is 0 Å². The molecule has 0 saturated carbocycles. The van der Waals surface area contributed by atoms with E-state index < -0.39 is 15.3 Å². The first-order valence-corrected chi connectivity index (χ1v) is 7.30. The SMILES string of the molecule is Cc1cc(C)n(CCCNS(=O)(=O)C(C)C#N)n1. The second-order valence-electron chi connectivity index (χ2n) is 4.21.